The SMILES string of the molecule is Cc1cc(C)n(-c2cc(N3CCN(C(=O)Nc4ccccc4F)CC3)ncn2)n1. The zero-order chi connectivity index (χ0) is 20.4. The number of aromatic nitrogens is 4. The summed E-state index contributed by atoms with van der Waals surface area (Å²) in [6.45, 7) is 6.20. The van der Waals surface area contributed by atoms with E-state index in [4.69, 9.17) is 0 Å². The molecule has 0 spiro atoms. The van der Waals surface area contributed by atoms with Gasteiger partial charge in [-0.05, 0) is 32.0 Å². The first-order valence-electron chi connectivity index (χ1n) is 9.42. The van der Waals surface area contributed by atoms with E-state index < -0.39 is 5.82 Å². The summed E-state index contributed by atoms with van der Waals surface area (Å²) in [6, 6.07) is 9.73. The van der Waals surface area contributed by atoms with E-state index in [1.165, 1.54) is 12.4 Å². The van der Waals surface area contributed by atoms with E-state index in [0.717, 1.165) is 17.2 Å². The number of halogens is 1. The Hall–Kier alpha value is -3.49. The largest absolute Gasteiger partial charge is 0.353 e. The molecule has 0 atom stereocenters. The number of anilines is 2. The number of hydrogen-bond acceptors (Lipinski definition) is 5. The number of carbonyl (C=O) groups excluding carboxylic acids is 1. The van der Waals surface area contributed by atoms with Gasteiger partial charge in [0.2, 0.25) is 0 Å². The Bertz CT molecular complexity index is 1030. The monoisotopic (exact) mass is 395 g/mol. The van der Waals surface area contributed by atoms with Gasteiger partial charge in [0.1, 0.15) is 18.0 Å². The molecule has 9 heteroatoms. The maximum atomic E-state index is 13.7. The maximum absolute atomic E-state index is 13.7. The maximum Gasteiger partial charge on any atom is 0.322 e. The topological polar surface area (TPSA) is 79.2 Å². The summed E-state index contributed by atoms with van der Waals surface area (Å²) in [5.41, 5.74) is 2.11. The van der Waals surface area contributed by atoms with Crippen LogP contribution in [0.4, 0.5) is 20.7 Å². The molecule has 2 amide bonds. The molecular weight excluding hydrogens is 373 g/mol. The van der Waals surface area contributed by atoms with Crippen LogP contribution in [-0.4, -0.2) is 56.9 Å². The molecule has 150 valence electrons. The molecule has 4 rings (SSSR count). The summed E-state index contributed by atoms with van der Waals surface area (Å²) < 4.78 is 15.5. The Morgan fingerprint density at radius 3 is 2.45 bits per heavy atom. The average Bonchev–Trinajstić information content (AvgIpc) is 3.08. The van der Waals surface area contributed by atoms with Crippen molar-refractivity contribution in [2.24, 2.45) is 0 Å². The van der Waals surface area contributed by atoms with Crippen LogP contribution < -0.4 is 10.2 Å². The third kappa shape index (κ3) is 4.03. The van der Waals surface area contributed by atoms with Crippen LogP contribution in [0.2, 0.25) is 0 Å². The molecule has 29 heavy (non-hydrogen) atoms. The number of nitrogens with zero attached hydrogens (tertiary/aromatic N) is 6. The number of carbonyl (C=O) groups is 1. The standard InChI is InChI=1S/C20H22FN7O/c1-14-11-15(2)28(25-14)19-12-18(22-13-23-19)26-7-9-27(10-8-26)20(29)24-17-6-4-3-5-16(17)21/h3-6,11-13H,7-10H2,1-2H3,(H,24,29). The Kier molecular flexibility index (Phi) is 5.11. The lowest BCUT2D eigenvalue weighted by Crippen LogP contribution is -2.50. The highest BCUT2D eigenvalue weighted by atomic mass is 19.1. The Morgan fingerprint density at radius 1 is 1.03 bits per heavy atom. The van der Waals surface area contributed by atoms with Crippen LogP contribution >= 0.6 is 0 Å². The average molecular weight is 395 g/mol. The van der Waals surface area contributed by atoms with E-state index in [-0.39, 0.29) is 11.7 Å². The smallest absolute Gasteiger partial charge is 0.322 e. The fraction of sp³-hybridized carbons (Fsp3) is 0.300. The molecule has 1 saturated heterocycles. The fourth-order valence-corrected chi connectivity index (χ4v) is 3.38. The molecule has 3 aromatic rings. The van der Waals surface area contributed by atoms with Crippen molar-refractivity contribution < 1.29 is 9.18 Å². The molecule has 0 radical (unpaired) electrons. The van der Waals surface area contributed by atoms with Gasteiger partial charge in [-0.15, -0.1) is 0 Å². The number of benzene rings is 1. The molecule has 0 bridgehead atoms. The molecule has 2 aromatic heterocycles. The van der Waals surface area contributed by atoms with Crippen molar-refractivity contribution >= 4 is 17.5 Å². The lowest BCUT2D eigenvalue weighted by Gasteiger charge is -2.35. The minimum absolute atomic E-state index is 0.185. The summed E-state index contributed by atoms with van der Waals surface area (Å²) in [6.07, 6.45) is 1.53. The molecule has 1 aromatic carbocycles. The van der Waals surface area contributed by atoms with Crippen LogP contribution in [0.3, 0.4) is 0 Å². The first-order chi connectivity index (χ1) is 14.0. The summed E-state index contributed by atoms with van der Waals surface area (Å²) in [5.74, 6) is 1.05. The Balaban J connectivity index is 1.41. The van der Waals surface area contributed by atoms with E-state index in [1.54, 1.807) is 27.8 Å². The van der Waals surface area contributed by atoms with Crippen molar-refractivity contribution in [3.05, 3.63) is 59.9 Å². The molecule has 0 saturated carbocycles. The van der Waals surface area contributed by atoms with E-state index in [2.05, 4.69) is 25.3 Å². The van der Waals surface area contributed by atoms with E-state index >= 15 is 0 Å². The molecule has 0 aliphatic carbocycles. The van der Waals surface area contributed by atoms with Crippen LogP contribution in [0.15, 0.2) is 42.7 Å². The van der Waals surface area contributed by atoms with Crippen molar-refractivity contribution in [3.8, 4) is 5.82 Å². The highest BCUT2D eigenvalue weighted by molar-refractivity contribution is 5.89. The van der Waals surface area contributed by atoms with Gasteiger partial charge in [0.15, 0.2) is 5.82 Å². The Morgan fingerprint density at radius 2 is 1.76 bits per heavy atom. The second-order valence-electron chi connectivity index (χ2n) is 6.96. The number of amides is 2. The minimum Gasteiger partial charge on any atom is -0.353 e. The quantitative estimate of drug-likeness (QED) is 0.738. The van der Waals surface area contributed by atoms with Gasteiger partial charge in [-0.25, -0.2) is 23.8 Å². The van der Waals surface area contributed by atoms with Crippen LogP contribution in [-0.2, 0) is 0 Å². The second-order valence-corrected chi connectivity index (χ2v) is 6.96. The molecular formula is C20H22FN7O. The summed E-state index contributed by atoms with van der Waals surface area (Å²) in [4.78, 5) is 24.9. The van der Waals surface area contributed by atoms with Gasteiger partial charge < -0.3 is 15.1 Å². The van der Waals surface area contributed by atoms with Gasteiger partial charge >= 0.3 is 6.03 Å². The van der Waals surface area contributed by atoms with Crippen molar-refractivity contribution in [2.45, 2.75) is 13.8 Å². The minimum atomic E-state index is -0.447. The number of urea groups is 1. The zero-order valence-corrected chi connectivity index (χ0v) is 16.3. The Labute approximate surface area is 168 Å². The molecule has 3 heterocycles. The number of hydrogen-bond donors (Lipinski definition) is 1. The van der Waals surface area contributed by atoms with Gasteiger partial charge in [-0.3, -0.25) is 0 Å². The van der Waals surface area contributed by atoms with Gasteiger partial charge in [-0.2, -0.15) is 5.10 Å². The van der Waals surface area contributed by atoms with E-state index in [0.29, 0.717) is 32.0 Å². The number of aryl methyl sites for hydroxylation is 2. The summed E-state index contributed by atoms with van der Waals surface area (Å²) in [5, 5.41) is 7.09. The summed E-state index contributed by atoms with van der Waals surface area (Å²) >= 11 is 0. The van der Waals surface area contributed by atoms with Crippen LogP contribution in [0, 0.1) is 19.7 Å². The van der Waals surface area contributed by atoms with Gasteiger partial charge in [0.25, 0.3) is 0 Å². The predicted molar refractivity (Wildman–Crippen MR) is 108 cm³/mol. The van der Waals surface area contributed by atoms with Crippen molar-refractivity contribution in [2.75, 3.05) is 36.4 Å². The van der Waals surface area contributed by atoms with Crippen LogP contribution in [0.25, 0.3) is 5.82 Å². The number of rotatable bonds is 3. The van der Waals surface area contributed by atoms with Crippen LogP contribution in [0.1, 0.15) is 11.4 Å². The predicted octanol–water partition coefficient (Wildman–Crippen LogP) is 2.77. The third-order valence-electron chi connectivity index (χ3n) is 4.87. The highest BCUT2D eigenvalue weighted by Gasteiger charge is 2.23. The first-order valence-corrected chi connectivity index (χ1v) is 9.42. The third-order valence-corrected chi connectivity index (χ3v) is 4.87. The molecule has 0 unspecified atom stereocenters. The zero-order valence-electron chi connectivity index (χ0n) is 16.3. The second kappa shape index (κ2) is 7.86. The van der Waals surface area contributed by atoms with Gasteiger partial charge in [0, 0.05) is 37.9 Å². The molecule has 1 aliphatic heterocycles. The van der Waals surface area contributed by atoms with Crippen molar-refractivity contribution in [1.29, 1.82) is 0 Å². The van der Waals surface area contributed by atoms with Gasteiger partial charge in [-0.1, -0.05) is 12.1 Å². The van der Waals surface area contributed by atoms with Crippen LogP contribution in [0.5, 0.6) is 0 Å². The van der Waals surface area contributed by atoms with E-state index in [9.17, 15) is 9.18 Å². The normalized spacial score (nSPS) is 14.2. The van der Waals surface area contributed by atoms with Crippen molar-refractivity contribution in [1.82, 2.24) is 24.6 Å². The lowest BCUT2D eigenvalue weighted by molar-refractivity contribution is 0.208. The number of para-hydroxylation sites is 1. The molecule has 1 fully saturated rings. The lowest BCUT2D eigenvalue weighted by atomic mass is 10.3. The fourth-order valence-electron chi connectivity index (χ4n) is 3.38. The van der Waals surface area contributed by atoms with Gasteiger partial charge in [0.05, 0.1) is 11.4 Å². The number of nitrogens with one attached hydrogen (secondary N) is 1. The van der Waals surface area contributed by atoms with Crippen molar-refractivity contribution in [3.63, 3.8) is 0 Å². The molecule has 1 aliphatic rings. The summed E-state index contributed by atoms with van der Waals surface area (Å²) in [7, 11) is 0. The van der Waals surface area contributed by atoms with E-state index in [1.807, 2.05) is 26.0 Å². The first kappa shape index (κ1) is 18.9. The number of piperazine rings is 1. The highest BCUT2D eigenvalue weighted by Crippen LogP contribution is 2.18. The molecule has 1 N–H and O–H groups in total. The molecule has 8 nitrogen and oxygen atoms in total.